The standard InChI is InChI=1S/C22H30N2O5/c1-14-10-16(11-15(2)20(14)28-13-17(26)12-25)21-23-19(29-24-21)7-9-22(3)8-5-4-6-18(22)27/h10-11,17,25-26H,4-9,12-13H2,1-3H3/t17-,22+/m1/s1. The molecule has 29 heavy (non-hydrogen) atoms. The Bertz CT molecular complexity index is 840. The Balaban J connectivity index is 1.69. The van der Waals surface area contributed by atoms with Crippen molar-refractivity contribution in [3.8, 4) is 17.1 Å². The van der Waals surface area contributed by atoms with Gasteiger partial charge in [-0.2, -0.15) is 4.98 Å². The van der Waals surface area contributed by atoms with Gasteiger partial charge in [0.25, 0.3) is 0 Å². The van der Waals surface area contributed by atoms with Crippen LogP contribution in [0.4, 0.5) is 0 Å². The maximum atomic E-state index is 12.3. The van der Waals surface area contributed by atoms with Gasteiger partial charge in [-0.3, -0.25) is 4.79 Å². The lowest BCUT2D eigenvalue weighted by Gasteiger charge is -2.31. The predicted molar refractivity (Wildman–Crippen MR) is 108 cm³/mol. The van der Waals surface area contributed by atoms with Gasteiger partial charge in [0.2, 0.25) is 11.7 Å². The van der Waals surface area contributed by atoms with E-state index in [0.717, 1.165) is 42.4 Å². The first-order chi connectivity index (χ1) is 13.8. The number of hydrogen-bond donors (Lipinski definition) is 2. The average Bonchev–Trinajstić information content (AvgIpc) is 3.17. The van der Waals surface area contributed by atoms with Gasteiger partial charge < -0.3 is 19.5 Å². The van der Waals surface area contributed by atoms with Crippen LogP contribution in [-0.2, 0) is 11.2 Å². The highest BCUT2D eigenvalue weighted by Crippen LogP contribution is 2.37. The second-order valence-corrected chi connectivity index (χ2v) is 8.29. The molecule has 0 unspecified atom stereocenters. The highest BCUT2D eigenvalue weighted by Gasteiger charge is 2.35. The zero-order valence-electron chi connectivity index (χ0n) is 17.4. The number of benzene rings is 1. The molecule has 0 bridgehead atoms. The summed E-state index contributed by atoms with van der Waals surface area (Å²) >= 11 is 0. The molecule has 7 heteroatoms. The van der Waals surface area contributed by atoms with Crippen molar-refractivity contribution in [3.63, 3.8) is 0 Å². The van der Waals surface area contributed by atoms with Crippen molar-refractivity contribution in [1.82, 2.24) is 10.1 Å². The third-order valence-corrected chi connectivity index (χ3v) is 5.76. The number of hydrogen-bond acceptors (Lipinski definition) is 7. The van der Waals surface area contributed by atoms with Crippen LogP contribution in [-0.4, -0.2) is 45.5 Å². The Morgan fingerprint density at radius 3 is 2.66 bits per heavy atom. The Morgan fingerprint density at radius 1 is 1.28 bits per heavy atom. The highest BCUT2D eigenvalue weighted by molar-refractivity contribution is 5.85. The van der Waals surface area contributed by atoms with Gasteiger partial charge in [-0.25, -0.2) is 0 Å². The van der Waals surface area contributed by atoms with Crippen molar-refractivity contribution in [3.05, 3.63) is 29.2 Å². The van der Waals surface area contributed by atoms with Crippen LogP contribution in [0.25, 0.3) is 11.4 Å². The molecule has 1 heterocycles. The van der Waals surface area contributed by atoms with Crippen LogP contribution in [0.5, 0.6) is 5.75 Å². The molecule has 0 amide bonds. The van der Waals surface area contributed by atoms with Crippen LogP contribution in [0.3, 0.4) is 0 Å². The number of aryl methyl sites for hydroxylation is 3. The molecule has 2 aromatic rings. The van der Waals surface area contributed by atoms with Gasteiger partial charge in [0, 0.05) is 23.8 Å². The topological polar surface area (TPSA) is 106 Å². The lowest BCUT2D eigenvalue weighted by Crippen LogP contribution is -2.31. The molecule has 1 aromatic heterocycles. The maximum absolute atomic E-state index is 12.3. The van der Waals surface area contributed by atoms with Crippen molar-refractivity contribution in [2.45, 2.75) is 65.4 Å². The number of Topliss-reactive ketones (excluding diaryl/α,β-unsaturated/α-hetero) is 1. The van der Waals surface area contributed by atoms with Crippen molar-refractivity contribution in [2.75, 3.05) is 13.2 Å². The van der Waals surface area contributed by atoms with Crippen LogP contribution in [0, 0.1) is 19.3 Å². The molecular formula is C22H30N2O5. The fraction of sp³-hybridized carbons (Fsp3) is 0.591. The lowest BCUT2D eigenvalue weighted by molar-refractivity contribution is -0.130. The number of carbonyl (C=O) groups excluding carboxylic acids is 1. The van der Waals surface area contributed by atoms with Gasteiger partial charge >= 0.3 is 0 Å². The molecule has 1 fully saturated rings. The second kappa shape index (κ2) is 9.05. The summed E-state index contributed by atoms with van der Waals surface area (Å²) in [6.07, 6.45) is 4.10. The number of aromatic nitrogens is 2. The SMILES string of the molecule is Cc1cc(-c2noc(CC[C@]3(C)CCCCC3=O)n2)cc(C)c1OC[C@H](O)CO. The molecule has 1 aliphatic carbocycles. The zero-order chi connectivity index (χ0) is 21.0. The fourth-order valence-electron chi connectivity index (χ4n) is 3.90. The minimum absolute atomic E-state index is 0.0291. The first-order valence-electron chi connectivity index (χ1n) is 10.2. The van der Waals surface area contributed by atoms with Gasteiger partial charge in [-0.1, -0.05) is 18.5 Å². The van der Waals surface area contributed by atoms with E-state index in [1.807, 2.05) is 32.9 Å². The van der Waals surface area contributed by atoms with E-state index in [2.05, 4.69) is 10.1 Å². The Kier molecular flexibility index (Phi) is 6.70. The highest BCUT2D eigenvalue weighted by atomic mass is 16.5. The summed E-state index contributed by atoms with van der Waals surface area (Å²) in [4.78, 5) is 16.8. The molecule has 1 aromatic carbocycles. The number of nitrogens with zero attached hydrogens (tertiary/aromatic N) is 2. The summed E-state index contributed by atoms with van der Waals surface area (Å²) < 4.78 is 11.1. The first-order valence-corrected chi connectivity index (χ1v) is 10.2. The van der Waals surface area contributed by atoms with Crippen LogP contribution in [0.15, 0.2) is 16.7 Å². The van der Waals surface area contributed by atoms with Crippen LogP contribution in [0.1, 0.15) is 56.0 Å². The molecular weight excluding hydrogens is 372 g/mol. The molecule has 7 nitrogen and oxygen atoms in total. The van der Waals surface area contributed by atoms with E-state index in [4.69, 9.17) is 14.4 Å². The summed E-state index contributed by atoms with van der Waals surface area (Å²) in [7, 11) is 0. The van der Waals surface area contributed by atoms with E-state index in [9.17, 15) is 9.90 Å². The molecule has 0 saturated heterocycles. The summed E-state index contributed by atoms with van der Waals surface area (Å²) in [5, 5.41) is 22.5. The van der Waals surface area contributed by atoms with Crippen molar-refractivity contribution >= 4 is 5.78 Å². The van der Waals surface area contributed by atoms with Crippen LogP contribution in [0.2, 0.25) is 0 Å². The monoisotopic (exact) mass is 402 g/mol. The summed E-state index contributed by atoms with van der Waals surface area (Å²) in [5.74, 6) is 2.07. The fourth-order valence-corrected chi connectivity index (χ4v) is 3.90. The third kappa shape index (κ3) is 5.03. The first kappa shape index (κ1) is 21.5. The van der Waals surface area contributed by atoms with E-state index in [1.54, 1.807) is 0 Å². The summed E-state index contributed by atoms with van der Waals surface area (Å²) in [5.41, 5.74) is 2.32. The second-order valence-electron chi connectivity index (χ2n) is 8.29. The molecule has 0 spiro atoms. The number of rotatable bonds is 8. The molecule has 3 rings (SSSR count). The minimum atomic E-state index is -0.911. The van der Waals surface area contributed by atoms with E-state index in [0.29, 0.717) is 36.1 Å². The molecule has 1 saturated carbocycles. The number of aliphatic hydroxyl groups is 2. The molecule has 158 valence electrons. The summed E-state index contributed by atoms with van der Waals surface area (Å²) in [6, 6.07) is 3.82. The van der Waals surface area contributed by atoms with Crippen LogP contribution < -0.4 is 4.74 Å². The van der Waals surface area contributed by atoms with Gasteiger partial charge in [0.15, 0.2) is 0 Å². The van der Waals surface area contributed by atoms with Crippen molar-refractivity contribution < 1.29 is 24.3 Å². The largest absolute Gasteiger partial charge is 0.490 e. The minimum Gasteiger partial charge on any atom is -0.490 e. The molecule has 2 atom stereocenters. The van der Waals surface area contributed by atoms with Gasteiger partial charge in [0.1, 0.15) is 24.2 Å². The van der Waals surface area contributed by atoms with Crippen LogP contribution >= 0.6 is 0 Å². The predicted octanol–water partition coefficient (Wildman–Crippen LogP) is 3.17. The Labute approximate surface area is 171 Å². The van der Waals surface area contributed by atoms with Gasteiger partial charge in [-0.05, 0) is 56.4 Å². The van der Waals surface area contributed by atoms with Gasteiger partial charge in [-0.15, -0.1) is 0 Å². The Morgan fingerprint density at radius 2 is 2.00 bits per heavy atom. The molecule has 0 aliphatic heterocycles. The van der Waals surface area contributed by atoms with E-state index in [-0.39, 0.29) is 18.6 Å². The van der Waals surface area contributed by atoms with Gasteiger partial charge in [0.05, 0.1) is 6.61 Å². The van der Waals surface area contributed by atoms with E-state index >= 15 is 0 Å². The third-order valence-electron chi connectivity index (χ3n) is 5.76. The number of carbonyl (C=O) groups is 1. The molecule has 2 N–H and O–H groups in total. The Hall–Kier alpha value is -2.25. The van der Waals surface area contributed by atoms with Crippen molar-refractivity contribution in [2.24, 2.45) is 5.41 Å². The maximum Gasteiger partial charge on any atom is 0.226 e. The van der Waals surface area contributed by atoms with E-state index in [1.165, 1.54) is 0 Å². The lowest BCUT2D eigenvalue weighted by atomic mass is 9.72. The summed E-state index contributed by atoms with van der Waals surface area (Å²) in [6.45, 7) is 5.56. The van der Waals surface area contributed by atoms with Crippen molar-refractivity contribution in [1.29, 1.82) is 0 Å². The van der Waals surface area contributed by atoms with E-state index < -0.39 is 6.10 Å². The molecule has 0 radical (unpaired) electrons. The molecule has 1 aliphatic rings. The normalized spacial score (nSPS) is 20.7. The zero-order valence-corrected chi connectivity index (χ0v) is 17.4. The number of aliphatic hydroxyl groups excluding tert-OH is 2. The number of ketones is 1. The number of ether oxygens (including phenoxy) is 1. The average molecular weight is 402 g/mol. The smallest absolute Gasteiger partial charge is 0.226 e. The quantitative estimate of drug-likeness (QED) is 0.698.